The summed E-state index contributed by atoms with van der Waals surface area (Å²) in [6.45, 7) is 5.30. The van der Waals surface area contributed by atoms with Crippen molar-refractivity contribution < 1.29 is 18.7 Å². The molecule has 1 aromatic heterocycles. The molecule has 6 heteroatoms. The van der Waals surface area contributed by atoms with E-state index in [-0.39, 0.29) is 5.52 Å². The average molecular weight is 328 g/mol. The van der Waals surface area contributed by atoms with Crippen LogP contribution in [0.5, 0.6) is 0 Å². The summed E-state index contributed by atoms with van der Waals surface area (Å²) in [7, 11) is 0. The summed E-state index contributed by atoms with van der Waals surface area (Å²) in [6.07, 6.45) is 3.12. The number of allylic oxidation sites excluding steroid dienone is 1. The highest BCUT2D eigenvalue weighted by Crippen LogP contribution is 2.42. The summed E-state index contributed by atoms with van der Waals surface area (Å²) in [5, 5.41) is 9.88. The highest BCUT2D eigenvalue weighted by atomic mass is 19.1. The number of nitrogens with zero attached hydrogens (tertiary/aromatic N) is 1. The van der Waals surface area contributed by atoms with Crippen molar-refractivity contribution in [3.63, 3.8) is 0 Å². The van der Waals surface area contributed by atoms with Gasteiger partial charge in [-0.2, -0.15) is 5.26 Å². The summed E-state index contributed by atoms with van der Waals surface area (Å²) in [6, 6.07) is 4.80. The van der Waals surface area contributed by atoms with Crippen molar-refractivity contribution in [2.45, 2.75) is 32.0 Å². The number of hydrogen-bond acceptors (Lipinski definition) is 4. The molecule has 1 aliphatic heterocycles. The summed E-state index contributed by atoms with van der Waals surface area (Å²) in [5.41, 5.74) is 1.88. The lowest BCUT2D eigenvalue weighted by Gasteiger charge is -2.36. The highest BCUT2D eigenvalue weighted by molar-refractivity contribution is 5.91. The zero-order chi connectivity index (χ0) is 17.3. The first kappa shape index (κ1) is 16.2. The molecule has 0 spiro atoms. The fourth-order valence-electron chi connectivity index (χ4n) is 3.25. The largest absolute Gasteiger partial charge is 0.427 e. The van der Waals surface area contributed by atoms with Gasteiger partial charge in [0.15, 0.2) is 0 Å². The van der Waals surface area contributed by atoms with E-state index < -0.39 is 17.6 Å². The zero-order valence-electron chi connectivity index (χ0n) is 13.3. The van der Waals surface area contributed by atoms with Crippen LogP contribution in [0.2, 0.25) is 0 Å². The standard InChI is InChI=1S/C18H17FN2O3/c1-3-4-8-18(24-11(2)22)17-13(7-9-23-18)15-12(10-20)5-6-14(19)16(15)21-17/h3,5-6,21H,1,4,7-9H2,2H3. The Morgan fingerprint density at radius 2 is 2.42 bits per heavy atom. The van der Waals surface area contributed by atoms with Crippen molar-refractivity contribution in [1.29, 1.82) is 5.26 Å². The maximum Gasteiger partial charge on any atom is 0.305 e. The number of benzene rings is 1. The monoisotopic (exact) mass is 328 g/mol. The number of aromatic nitrogens is 1. The maximum atomic E-state index is 14.2. The van der Waals surface area contributed by atoms with Crippen molar-refractivity contribution in [3.8, 4) is 6.07 Å². The molecule has 24 heavy (non-hydrogen) atoms. The van der Waals surface area contributed by atoms with E-state index in [1.165, 1.54) is 19.1 Å². The first-order valence-corrected chi connectivity index (χ1v) is 7.70. The van der Waals surface area contributed by atoms with Crippen LogP contribution < -0.4 is 0 Å². The van der Waals surface area contributed by atoms with Crippen LogP contribution in [0.15, 0.2) is 24.8 Å². The maximum absolute atomic E-state index is 14.2. The van der Waals surface area contributed by atoms with E-state index in [1.807, 2.05) is 0 Å². The lowest BCUT2D eigenvalue weighted by molar-refractivity contribution is -0.247. The van der Waals surface area contributed by atoms with Gasteiger partial charge >= 0.3 is 5.97 Å². The number of ether oxygens (including phenoxy) is 2. The van der Waals surface area contributed by atoms with Crippen LogP contribution in [0.1, 0.15) is 36.6 Å². The first-order valence-electron chi connectivity index (χ1n) is 7.70. The minimum atomic E-state index is -1.31. The van der Waals surface area contributed by atoms with Gasteiger partial charge in [-0.25, -0.2) is 4.39 Å². The summed E-state index contributed by atoms with van der Waals surface area (Å²) in [4.78, 5) is 14.6. The minimum Gasteiger partial charge on any atom is -0.427 e. The molecule has 1 N–H and O–H groups in total. The Hall–Kier alpha value is -2.65. The van der Waals surface area contributed by atoms with Gasteiger partial charge in [0.25, 0.3) is 5.79 Å². The number of fused-ring (bicyclic) bond motifs is 3. The number of esters is 1. The summed E-state index contributed by atoms with van der Waals surface area (Å²) >= 11 is 0. The average Bonchev–Trinajstić information content (AvgIpc) is 2.95. The molecule has 1 aliphatic rings. The van der Waals surface area contributed by atoms with Gasteiger partial charge in [-0.15, -0.1) is 6.58 Å². The molecule has 2 aromatic rings. The van der Waals surface area contributed by atoms with Gasteiger partial charge in [0.2, 0.25) is 0 Å². The van der Waals surface area contributed by atoms with Crippen LogP contribution in [0.4, 0.5) is 4.39 Å². The molecule has 1 atom stereocenters. The molecule has 0 amide bonds. The number of aromatic amines is 1. The van der Waals surface area contributed by atoms with Crippen molar-refractivity contribution >= 4 is 16.9 Å². The Morgan fingerprint density at radius 3 is 3.08 bits per heavy atom. The molecule has 0 aliphatic carbocycles. The molecule has 0 bridgehead atoms. The van der Waals surface area contributed by atoms with Gasteiger partial charge in [0, 0.05) is 18.7 Å². The van der Waals surface area contributed by atoms with Crippen LogP contribution in [-0.4, -0.2) is 17.6 Å². The Morgan fingerprint density at radius 1 is 1.62 bits per heavy atom. The van der Waals surface area contributed by atoms with Gasteiger partial charge in [-0.05, 0) is 30.5 Å². The lowest BCUT2D eigenvalue weighted by Crippen LogP contribution is -2.39. The van der Waals surface area contributed by atoms with Gasteiger partial charge < -0.3 is 14.5 Å². The van der Waals surface area contributed by atoms with E-state index in [1.54, 1.807) is 6.08 Å². The van der Waals surface area contributed by atoms with Crippen LogP contribution in [0, 0.1) is 17.1 Å². The fourth-order valence-corrected chi connectivity index (χ4v) is 3.25. The molecule has 0 radical (unpaired) electrons. The third-order valence-electron chi connectivity index (χ3n) is 4.18. The number of hydrogen-bond donors (Lipinski definition) is 1. The van der Waals surface area contributed by atoms with E-state index in [4.69, 9.17) is 9.47 Å². The zero-order valence-corrected chi connectivity index (χ0v) is 13.3. The number of carbonyl (C=O) groups excluding carboxylic acids is 1. The second-order valence-corrected chi connectivity index (χ2v) is 5.71. The van der Waals surface area contributed by atoms with E-state index in [0.717, 1.165) is 5.56 Å². The van der Waals surface area contributed by atoms with E-state index in [9.17, 15) is 14.4 Å². The number of halogens is 1. The molecule has 124 valence electrons. The van der Waals surface area contributed by atoms with Crippen LogP contribution >= 0.6 is 0 Å². The van der Waals surface area contributed by atoms with Gasteiger partial charge in [-0.3, -0.25) is 4.79 Å². The Bertz CT molecular complexity index is 865. The third-order valence-corrected chi connectivity index (χ3v) is 4.18. The molecule has 2 heterocycles. The Balaban J connectivity index is 2.28. The second-order valence-electron chi connectivity index (χ2n) is 5.71. The van der Waals surface area contributed by atoms with E-state index >= 15 is 0 Å². The SMILES string of the molecule is C=CCCC1(OC(C)=O)OCCc2c1[nH]c1c(F)ccc(C#N)c21. The molecule has 1 unspecified atom stereocenters. The molecule has 5 nitrogen and oxygen atoms in total. The molecule has 0 saturated heterocycles. The predicted octanol–water partition coefficient (Wildman–Crippen LogP) is 3.43. The molecule has 0 fully saturated rings. The normalized spacial score (nSPS) is 19.5. The topological polar surface area (TPSA) is 75.1 Å². The number of H-pyrrole nitrogens is 1. The summed E-state index contributed by atoms with van der Waals surface area (Å²) < 4.78 is 25.6. The smallest absolute Gasteiger partial charge is 0.305 e. The van der Waals surface area contributed by atoms with Gasteiger partial charge in [0.05, 0.1) is 29.5 Å². The van der Waals surface area contributed by atoms with E-state index in [0.29, 0.717) is 42.5 Å². The molecule has 1 aromatic carbocycles. The van der Waals surface area contributed by atoms with Crippen LogP contribution in [-0.2, 0) is 26.5 Å². The van der Waals surface area contributed by atoms with Gasteiger partial charge in [0.1, 0.15) is 5.82 Å². The molecular formula is C18H17FN2O3. The highest BCUT2D eigenvalue weighted by Gasteiger charge is 2.43. The van der Waals surface area contributed by atoms with Crippen molar-refractivity contribution in [2.75, 3.05) is 6.61 Å². The van der Waals surface area contributed by atoms with Crippen LogP contribution in [0.25, 0.3) is 10.9 Å². The number of nitrogens with one attached hydrogen (secondary N) is 1. The second kappa shape index (κ2) is 6.10. The number of carbonyl (C=O) groups is 1. The van der Waals surface area contributed by atoms with Crippen molar-refractivity contribution in [2.24, 2.45) is 0 Å². The Kier molecular flexibility index (Phi) is 4.12. The van der Waals surface area contributed by atoms with E-state index in [2.05, 4.69) is 17.6 Å². The van der Waals surface area contributed by atoms with Crippen LogP contribution in [0.3, 0.4) is 0 Å². The summed E-state index contributed by atoms with van der Waals surface area (Å²) in [5.74, 6) is -2.27. The Labute approximate surface area is 138 Å². The minimum absolute atomic E-state index is 0.236. The first-order chi connectivity index (χ1) is 11.5. The quantitative estimate of drug-likeness (QED) is 0.689. The molecule has 0 saturated carbocycles. The predicted molar refractivity (Wildman–Crippen MR) is 85.5 cm³/mol. The molecule has 3 rings (SSSR count). The van der Waals surface area contributed by atoms with Gasteiger partial charge in [-0.1, -0.05) is 6.08 Å². The third kappa shape index (κ3) is 2.47. The van der Waals surface area contributed by atoms with Crippen molar-refractivity contribution in [3.05, 3.63) is 47.4 Å². The lowest BCUT2D eigenvalue weighted by atomic mass is 9.95. The number of rotatable bonds is 4. The fraction of sp³-hybridized carbons (Fsp3) is 0.333. The number of nitriles is 1. The molecular weight excluding hydrogens is 311 g/mol. The van der Waals surface area contributed by atoms with Crippen molar-refractivity contribution in [1.82, 2.24) is 4.98 Å².